The molecule has 2 aromatic rings. The van der Waals surface area contributed by atoms with Crippen LogP contribution >= 0.6 is 0 Å². The first kappa shape index (κ1) is 25.2. The monoisotopic (exact) mass is 469 g/mol. The van der Waals surface area contributed by atoms with E-state index in [0.717, 1.165) is 5.56 Å². The highest BCUT2D eigenvalue weighted by molar-refractivity contribution is 5.95. The molecule has 1 unspecified atom stereocenters. The van der Waals surface area contributed by atoms with E-state index in [-0.39, 0.29) is 18.2 Å². The van der Waals surface area contributed by atoms with Crippen molar-refractivity contribution < 1.29 is 33.3 Å². The number of benzene rings is 2. The summed E-state index contributed by atoms with van der Waals surface area (Å²) in [5, 5.41) is 3.35. The zero-order valence-corrected chi connectivity index (χ0v) is 20.2. The Kier molecular flexibility index (Phi) is 7.94. The Morgan fingerprint density at radius 3 is 2.24 bits per heavy atom. The minimum atomic E-state index is -1.74. The van der Waals surface area contributed by atoms with Crippen molar-refractivity contribution in [1.29, 1.82) is 0 Å². The molecule has 1 atom stereocenters. The molecule has 0 saturated heterocycles. The second-order valence-electron chi connectivity index (χ2n) is 8.50. The van der Waals surface area contributed by atoms with Gasteiger partial charge >= 0.3 is 17.9 Å². The first-order valence-corrected chi connectivity index (χ1v) is 11.2. The van der Waals surface area contributed by atoms with Crippen LogP contribution < -0.4 is 10.1 Å². The van der Waals surface area contributed by atoms with E-state index in [2.05, 4.69) is 5.32 Å². The van der Waals surface area contributed by atoms with Crippen LogP contribution in [0.2, 0.25) is 0 Å². The molecular formula is C26H31NO7. The van der Waals surface area contributed by atoms with E-state index in [9.17, 15) is 14.4 Å². The third kappa shape index (κ3) is 5.39. The summed E-state index contributed by atoms with van der Waals surface area (Å²) in [7, 11) is 1.29. The number of hydrogen-bond acceptors (Lipinski definition) is 8. The number of carbonyl (C=O) groups excluding carboxylic acids is 3. The lowest BCUT2D eigenvalue weighted by atomic mass is 9.79. The van der Waals surface area contributed by atoms with Crippen LogP contribution in [-0.4, -0.2) is 37.1 Å². The summed E-state index contributed by atoms with van der Waals surface area (Å²) < 4.78 is 22.5. The summed E-state index contributed by atoms with van der Waals surface area (Å²) in [6.07, 6.45) is 0.898. The summed E-state index contributed by atoms with van der Waals surface area (Å²) in [6.45, 7) is 6.65. The van der Waals surface area contributed by atoms with E-state index >= 15 is 0 Å². The Balaban J connectivity index is 2.16. The average Bonchev–Trinajstić information content (AvgIpc) is 2.78. The predicted molar refractivity (Wildman–Crippen MR) is 124 cm³/mol. The molecular weight excluding hydrogens is 438 g/mol. The Hall–Kier alpha value is -3.39. The molecule has 1 aliphatic carbocycles. The van der Waals surface area contributed by atoms with Gasteiger partial charge in [0.1, 0.15) is 17.9 Å². The van der Waals surface area contributed by atoms with Crippen LogP contribution in [0.5, 0.6) is 5.75 Å². The summed E-state index contributed by atoms with van der Waals surface area (Å²) in [5.41, 5.74) is 2.13. The molecule has 182 valence electrons. The fourth-order valence-electron chi connectivity index (χ4n) is 4.36. The Bertz CT molecular complexity index is 1030. The first-order chi connectivity index (χ1) is 16.2. The second-order valence-corrected chi connectivity index (χ2v) is 8.50. The standard InChI is InChI=1S/C26H31NO7/c1-16(2)27-23-14-11-20-21(26(23,33-17(3)28)34-18(4)29)12-13-22(24(20)25(30)31-5)32-15-19-9-7-6-8-10-19/h6-10,12-13,16,23,27H,11,14-15H2,1-5H3. The average molecular weight is 470 g/mol. The van der Waals surface area contributed by atoms with Crippen LogP contribution in [0.1, 0.15) is 61.2 Å². The van der Waals surface area contributed by atoms with Crippen LogP contribution in [0.15, 0.2) is 42.5 Å². The van der Waals surface area contributed by atoms with Gasteiger partial charge in [-0.3, -0.25) is 9.59 Å². The highest BCUT2D eigenvalue weighted by Gasteiger charge is 2.52. The fraction of sp³-hybridized carbons (Fsp3) is 0.423. The van der Waals surface area contributed by atoms with E-state index in [4.69, 9.17) is 18.9 Å². The number of rotatable bonds is 8. The molecule has 8 nitrogen and oxygen atoms in total. The van der Waals surface area contributed by atoms with E-state index in [1.807, 2.05) is 44.2 Å². The summed E-state index contributed by atoms with van der Waals surface area (Å²) in [4.78, 5) is 37.3. The van der Waals surface area contributed by atoms with Gasteiger partial charge in [0.2, 0.25) is 0 Å². The smallest absolute Gasteiger partial charge is 0.341 e. The molecule has 0 aromatic heterocycles. The zero-order valence-electron chi connectivity index (χ0n) is 20.2. The maximum absolute atomic E-state index is 12.9. The minimum absolute atomic E-state index is 0.0191. The van der Waals surface area contributed by atoms with Crippen molar-refractivity contribution >= 4 is 17.9 Å². The molecule has 1 aliphatic rings. The van der Waals surface area contributed by atoms with Gasteiger partial charge < -0.3 is 24.3 Å². The lowest BCUT2D eigenvalue weighted by molar-refractivity contribution is -0.247. The summed E-state index contributed by atoms with van der Waals surface area (Å²) in [5.74, 6) is -3.22. The highest BCUT2D eigenvalue weighted by atomic mass is 16.7. The van der Waals surface area contributed by atoms with Gasteiger partial charge in [0.25, 0.3) is 5.79 Å². The largest absolute Gasteiger partial charge is 0.488 e. The number of methoxy groups -OCH3 is 1. The molecule has 0 aliphatic heterocycles. The van der Waals surface area contributed by atoms with Crippen LogP contribution in [0.4, 0.5) is 0 Å². The quantitative estimate of drug-likeness (QED) is 0.462. The molecule has 8 heteroatoms. The van der Waals surface area contributed by atoms with Crippen LogP contribution in [0.3, 0.4) is 0 Å². The lowest BCUT2D eigenvalue weighted by Crippen LogP contribution is -2.57. The van der Waals surface area contributed by atoms with Gasteiger partial charge in [-0.1, -0.05) is 44.2 Å². The van der Waals surface area contributed by atoms with Crippen molar-refractivity contribution in [2.75, 3.05) is 7.11 Å². The van der Waals surface area contributed by atoms with Crippen molar-refractivity contribution in [3.05, 3.63) is 64.7 Å². The van der Waals surface area contributed by atoms with Crippen LogP contribution in [0.25, 0.3) is 0 Å². The van der Waals surface area contributed by atoms with Crippen molar-refractivity contribution in [2.45, 2.75) is 65.0 Å². The minimum Gasteiger partial charge on any atom is -0.488 e. The molecule has 0 saturated carbocycles. The Morgan fingerprint density at radius 2 is 1.68 bits per heavy atom. The van der Waals surface area contributed by atoms with Gasteiger partial charge in [0.05, 0.1) is 13.2 Å². The van der Waals surface area contributed by atoms with Gasteiger partial charge in [0.15, 0.2) is 0 Å². The Labute approximate surface area is 199 Å². The SMILES string of the molecule is COC(=O)c1c(OCc2ccccc2)ccc2c1CCC(NC(C)C)C2(OC(C)=O)OC(C)=O. The number of hydrogen-bond donors (Lipinski definition) is 1. The molecule has 1 N–H and O–H groups in total. The van der Waals surface area contributed by atoms with Gasteiger partial charge in [-0.05, 0) is 36.1 Å². The molecule has 0 fully saturated rings. The Morgan fingerprint density at radius 1 is 1.03 bits per heavy atom. The molecule has 0 radical (unpaired) electrons. The second kappa shape index (κ2) is 10.7. The van der Waals surface area contributed by atoms with Gasteiger partial charge in [0, 0.05) is 25.5 Å². The number of fused-ring (bicyclic) bond motifs is 1. The van der Waals surface area contributed by atoms with Gasteiger partial charge in [-0.25, -0.2) is 4.79 Å². The number of carbonyl (C=O) groups is 3. The zero-order chi connectivity index (χ0) is 24.9. The maximum Gasteiger partial charge on any atom is 0.341 e. The molecule has 0 heterocycles. The van der Waals surface area contributed by atoms with E-state index in [0.29, 0.717) is 29.7 Å². The third-order valence-corrected chi connectivity index (χ3v) is 5.54. The predicted octanol–water partition coefficient (Wildman–Crippen LogP) is 3.64. The number of ether oxygens (including phenoxy) is 4. The molecule has 0 amide bonds. The molecule has 3 rings (SSSR count). The van der Waals surface area contributed by atoms with E-state index in [1.165, 1.54) is 21.0 Å². The summed E-state index contributed by atoms with van der Waals surface area (Å²) >= 11 is 0. The summed E-state index contributed by atoms with van der Waals surface area (Å²) in [6, 6.07) is 12.4. The maximum atomic E-state index is 12.9. The number of esters is 3. The molecule has 34 heavy (non-hydrogen) atoms. The molecule has 2 aromatic carbocycles. The van der Waals surface area contributed by atoms with Crippen molar-refractivity contribution in [1.82, 2.24) is 5.32 Å². The normalized spacial score (nSPS) is 16.4. The van der Waals surface area contributed by atoms with Crippen LogP contribution in [-0.2, 0) is 42.6 Å². The van der Waals surface area contributed by atoms with Crippen molar-refractivity contribution in [3.63, 3.8) is 0 Å². The third-order valence-electron chi connectivity index (χ3n) is 5.54. The van der Waals surface area contributed by atoms with Gasteiger partial charge in [-0.15, -0.1) is 0 Å². The van der Waals surface area contributed by atoms with E-state index < -0.39 is 29.7 Å². The fourth-order valence-corrected chi connectivity index (χ4v) is 4.36. The van der Waals surface area contributed by atoms with Crippen molar-refractivity contribution in [3.8, 4) is 5.75 Å². The van der Waals surface area contributed by atoms with Crippen LogP contribution in [0, 0.1) is 0 Å². The topological polar surface area (TPSA) is 100 Å². The molecule has 0 spiro atoms. The highest BCUT2D eigenvalue weighted by Crippen LogP contribution is 2.44. The number of nitrogens with one attached hydrogen (secondary N) is 1. The van der Waals surface area contributed by atoms with E-state index in [1.54, 1.807) is 12.1 Å². The lowest BCUT2D eigenvalue weighted by Gasteiger charge is -2.44. The molecule has 0 bridgehead atoms. The first-order valence-electron chi connectivity index (χ1n) is 11.2. The van der Waals surface area contributed by atoms with Gasteiger partial charge in [-0.2, -0.15) is 0 Å². The van der Waals surface area contributed by atoms with Crippen molar-refractivity contribution in [2.24, 2.45) is 0 Å².